The minimum absolute atomic E-state index is 0.0809. The quantitative estimate of drug-likeness (QED) is 0.157. The number of rotatable bonds is 11. The van der Waals surface area contributed by atoms with Crippen LogP contribution in [0.2, 0.25) is 0 Å². The summed E-state index contributed by atoms with van der Waals surface area (Å²) in [6.45, 7) is 0. The van der Waals surface area contributed by atoms with Crippen molar-refractivity contribution in [3.63, 3.8) is 0 Å². The Morgan fingerprint density at radius 2 is 1.75 bits per heavy atom. The molecule has 0 aliphatic heterocycles. The number of carbonyl (C=O) groups excluding carboxylic acids is 3. The summed E-state index contributed by atoms with van der Waals surface area (Å²) in [6.07, 6.45) is 2.50. The van der Waals surface area contributed by atoms with Gasteiger partial charge in [0.05, 0.1) is 7.11 Å². The lowest BCUT2D eigenvalue weighted by Gasteiger charge is -2.20. The average Bonchev–Trinajstić information content (AvgIpc) is 2.88. The number of nitrogen functional groups attached to an aromatic ring is 1. The van der Waals surface area contributed by atoms with Crippen LogP contribution < -0.4 is 22.1 Å². The van der Waals surface area contributed by atoms with Crippen LogP contribution in [0.15, 0.2) is 66.9 Å². The number of amides is 2. The number of hydrogen-bond acceptors (Lipinski definition) is 7. The van der Waals surface area contributed by atoms with Crippen LogP contribution in [0.3, 0.4) is 0 Å². The molecule has 0 aliphatic rings. The van der Waals surface area contributed by atoms with Gasteiger partial charge in [-0.1, -0.05) is 24.3 Å². The highest BCUT2D eigenvalue weighted by Gasteiger charge is 2.19. The van der Waals surface area contributed by atoms with Gasteiger partial charge >= 0.3 is 5.97 Å². The topological polar surface area (TPSA) is 173 Å². The minimum atomic E-state index is -0.658. The summed E-state index contributed by atoms with van der Waals surface area (Å²) in [4.78, 5) is 40.0. The molecule has 0 saturated heterocycles. The Balaban J connectivity index is 1.74. The third-order valence-corrected chi connectivity index (χ3v) is 5.43. The zero-order valence-electron chi connectivity index (χ0n) is 19.8. The summed E-state index contributed by atoms with van der Waals surface area (Å²) < 4.78 is 4.69. The van der Waals surface area contributed by atoms with Crippen molar-refractivity contribution in [2.75, 3.05) is 17.7 Å². The molecule has 0 fully saturated rings. The highest BCUT2D eigenvalue weighted by molar-refractivity contribution is 5.98. The number of nitrogens with zero attached hydrogens (tertiary/aromatic N) is 1. The first-order valence-corrected chi connectivity index (χ1v) is 11.2. The van der Waals surface area contributed by atoms with Crippen LogP contribution in [0.1, 0.15) is 35.3 Å². The molecule has 1 heterocycles. The number of ether oxygens (including phenoxy) is 1. The zero-order valence-corrected chi connectivity index (χ0v) is 19.8. The van der Waals surface area contributed by atoms with Gasteiger partial charge in [-0.05, 0) is 60.4 Å². The molecule has 0 aliphatic carbocycles. The number of anilines is 2. The van der Waals surface area contributed by atoms with Gasteiger partial charge in [0.1, 0.15) is 17.6 Å². The molecule has 0 unspecified atom stereocenters. The molecule has 1 atom stereocenters. The first-order chi connectivity index (χ1) is 17.3. The number of pyridine rings is 1. The lowest BCUT2D eigenvalue weighted by Crippen LogP contribution is -2.35. The molecule has 186 valence electrons. The molecule has 0 saturated carbocycles. The molecule has 1 aromatic heterocycles. The molecule has 2 aromatic carbocycles. The van der Waals surface area contributed by atoms with Crippen LogP contribution in [-0.4, -0.2) is 41.8 Å². The number of esters is 1. The van der Waals surface area contributed by atoms with Gasteiger partial charge in [0.25, 0.3) is 5.91 Å². The molecule has 3 rings (SSSR count). The van der Waals surface area contributed by atoms with Crippen LogP contribution in [0, 0.1) is 5.41 Å². The first-order valence-electron chi connectivity index (χ1n) is 11.2. The van der Waals surface area contributed by atoms with E-state index in [1.54, 1.807) is 48.5 Å². The SMILES string of the molecule is COC(=O)CCC[C@H](Nc1cccc(C(=N)N)c1)C(=O)Nc1ccc(-c2ccnc(C(N)=O)c2)cc1. The Bertz CT molecular complexity index is 1260. The van der Waals surface area contributed by atoms with Crippen molar-refractivity contribution in [3.8, 4) is 11.1 Å². The van der Waals surface area contributed by atoms with Gasteiger partial charge in [-0.15, -0.1) is 0 Å². The van der Waals surface area contributed by atoms with Gasteiger partial charge in [-0.25, -0.2) is 0 Å². The molecule has 10 nitrogen and oxygen atoms in total. The minimum Gasteiger partial charge on any atom is -0.469 e. The van der Waals surface area contributed by atoms with Gasteiger partial charge < -0.3 is 26.8 Å². The number of methoxy groups -OCH3 is 1. The highest BCUT2D eigenvalue weighted by Crippen LogP contribution is 2.22. The summed E-state index contributed by atoms with van der Waals surface area (Å²) in [5.41, 5.74) is 14.4. The summed E-state index contributed by atoms with van der Waals surface area (Å²) in [6, 6.07) is 16.7. The summed E-state index contributed by atoms with van der Waals surface area (Å²) in [5, 5.41) is 13.7. The number of carbonyl (C=O) groups is 3. The van der Waals surface area contributed by atoms with Crippen molar-refractivity contribution in [1.29, 1.82) is 5.41 Å². The predicted molar refractivity (Wildman–Crippen MR) is 138 cm³/mol. The Morgan fingerprint density at radius 1 is 1.00 bits per heavy atom. The molecule has 0 spiro atoms. The molecular formula is C26H28N6O4. The Kier molecular flexibility index (Phi) is 8.71. The molecule has 10 heteroatoms. The van der Waals surface area contributed by atoms with Crippen molar-refractivity contribution >= 4 is 35.0 Å². The molecular weight excluding hydrogens is 460 g/mol. The summed E-state index contributed by atoms with van der Waals surface area (Å²) in [5.74, 6) is -1.33. The molecule has 36 heavy (non-hydrogen) atoms. The third-order valence-electron chi connectivity index (χ3n) is 5.43. The van der Waals surface area contributed by atoms with Gasteiger partial charge in [0, 0.05) is 29.6 Å². The summed E-state index contributed by atoms with van der Waals surface area (Å²) in [7, 11) is 1.32. The number of nitrogens with two attached hydrogens (primary N) is 2. The predicted octanol–water partition coefficient (Wildman–Crippen LogP) is 2.89. The normalized spacial score (nSPS) is 11.2. The number of aromatic nitrogens is 1. The molecule has 0 radical (unpaired) electrons. The van der Waals surface area contributed by atoms with Crippen LogP contribution >= 0.6 is 0 Å². The van der Waals surface area contributed by atoms with E-state index in [9.17, 15) is 14.4 Å². The van der Waals surface area contributed by atoms with Gasteiger partial charge in [-0.2, -0.15) is 0 Å². The van der Waals surface area contributed by atoms with Crippen LogP contribution in [-0.2, 0) is 14.3 Å². The smallest absolute Gasteiger partial charge is 0.305 e. The average molecular weight is 489 g/mol. The number of hydrogen-bond donors (Lipinski definition) is 5. The largest absolute Gasteiger partial charge is 0.469 e. The van der Waals surface area contributed by atoms with E-state index in [0.29, 0.717) is 29.8 Å². The number of benzene rings is 2. The van der Waals surface area contributed by atoms with Gasteiger partial charge in [0.2, 0.25) is 5.91 Å². The second kappa shape index (κ2) is 12.1. The standard InChI is InChI=1S/C26H28N6O4/c1-36-23(33)7-3-6-21(31-20-5-2-4-18(14-20)24(27)28)26(35)32-19-10-8-16(9-11-19)17-12-13-30-22(15-17)25(29)34/h2,4-5,8-15,21,31H,3,6-7H2,1H3,(H3,27,28)(H2,29,34)(H,32,35)/t21-/m0/s1. The van der Waals surface area contributed by atoms with Crippen LogP contribution in [0.25, 0.3) is 11.1 Å². The summed E-state index contributed by atoms with van der Waals surface area (Å²) >= 11 is 0. The molecule has 3 aromatic rings. The lowest BCUT2D eigenvalue weighted by atomic mass is 10.0. The Hall–Kier alpha value is -4.73. The van der Waals surface area contributed by atoms with Crippen molar-refractivity contribution in [2.45, 2.75) is 25.3 Å². The van der Waals surface area contributed by atoms with E-state index < -0.39 is 11.9 Å². The number of nitrogens with one attached hydrogen (secondary N) is 3. The van der Waals surface area contributed by atoms with E-state index in [0.717, 1.165) is 11.1 Å². The fourth-order valence-electron chi connectivity index (χ4n) is 3.52. The number of amidine groups is 1. The molecule has 2 amide bonds. The molecule has 7 N–H and O–H groups in total. The second-order valence-corrected chi connectivity index (χ2v) is 8.02. The van der Waals surface area contributed by atoms with E-state index in [-0.39, 0.29) is 29.8 Å². The Labute approximate surface area is 208 Å². The zero-order chi connectivity index (χ0) is 26.1. The van der Waals surface area contributed by atoms with Gasteiger partial charge in [-0.3, -0.25) is 24.8 Å². The fraction of sp³-hybridized carbons (Fsp3) is 0.192. The highest BCUT2D eigenvalue weighted by atomic mass is 16.5. The Morgan fingerprint density at radius 3 is 2.42 bits per heavy atom. The van der Waals surface area contributed by atoms with E-state index in [2.05, 4.69) is 20.4 Å². The third kappa shape index (κ3) is 7.13. The maximum atomic E-state index is 13.1. The first kappa shape index (κ1) is 25.9. The van der Waals surface area contributed by atoms with Crippen LogP contribution in [0.5, 0.6) is 0 Å². The second-order valence-electron chi connectivity index (χ2n) is 8.02. The maximum Gasteiger partial charge on any atom is 0.305 e. The maximum absolute atomic E-state index is 13.1. The van der Waals surface area contributed by atoms with E-state index in [4.69, 9.17) is 16.9 Å². The van der Waals surface area contributed by atoms with E-state index in [1.807, 2.05) is 12.1 Å². The van der Waals surface area contributed by atoms with Crippen molar-refractivity contribution in [3.05, 3.63) is 78.1 Å². The van der Waals surface area contributed by atoms with Crippen LogP contribution in [0.4, 0.5) is 11.4 Å². The van der Waals surface area contributed by atoms with E-state index in [1.165, 1.54) is 13.3 Å². The van der Waals surface area contributed by atoms with Crippen molar-refractivity contribution in [2.24, 2.45) is 11.5 Å². The molecule has 0 bridgehead atoms. The fourth-order valence-corrected chi connectivity index (χ4v) is 3.52. The number of primary amides is 1. The van der Waals surface area contributed by atoms with E-state index >= 15 is 0 Å². The van der Waals surface area contributed by atoms with Gasteiger partial charge in [0.15, 0.2) is 0 Å². The monoisotopic (exact) mass is 488 g/mol. The van der Waals surface area contributed by atoms with Crippen molar-refractivity contribution < 1.29 is 19.1 Å². The van der Waals surface area contributed by atoms with Crippen molar-refractivity contribution in [1.82, 2.24) is 4.98 Å². The lowest BCUT2D eigenvalue weighted by molar-refractivity contribution is -0.140.